The van der Waals surface area contributed by atoms with E-state index in [9.17, 15) is 4.79 Å². The smallest absolute Gasteiger partial charge is 0.258 e. The molecule has 0 aliphatic heterocycles. The van der Waals surface area contributed by atoms with Gasteiger partial charge in [-0.25, -0.2) is 0 Å². The van der Waals surface area contributed by atoms with Crippen LogP contribution in [0.5, 0.6) is 5.75 Å². The number of hydrogen-bond donors (Lipinski definition) is 1. The second kappa shape index (κ2) is 8.70. The van der Waals surface area contributed by atoms with Crippen molar-refractivity contribution in [3.63, 3.8) is 0 Å². The molecule has 2 rings (SSSR count). The predicted octanol–water partition coefficient (Wildman–Crippen LogP) is 5.07. The predicted molar refractivity (Wildman–Crippen MR) is 103 cm³/mol. The minimum atomic E-state index is -0.0991. The molecule has 25 heavy (non-hydrogen) atoms. The first-order chi connectivity index (χ1) is 11.9. The van der Waals surface area contributed by atoms with Crippen molar-refractivity contribution in [2.24, 2.45) is 0 Å². The number of ether oxygens (including phenoxy) is 1. The maximum absolute atomic E-state index is 12.2. The van der Waals surface area contributed by atoms with Gasteiger partial charge in [0, 0.05) is 0 Å². The molecule has 0 heterocycles. The summed E-state index contributed by atoms with van der Waals surface area (Å²) in [4.78, 5) is 12.2. The Bertz CT molecular complexity index is 704. The molecule has 1 atom stereocenters. The molecule has 0 saturated carbocycles. The van der Waals surface area contributed by atoms with Gasteiger partial charge in [0.1, 0.15) is 5.75 Å². The van der Waals surface area contributed by atoms with Gasteiger partial charge in [-0.2, -0.15) is 0 Å². The molecule has 0 aliphatic carbocycles. The molecule has 1 N–H and O–H groups in total. The molecule has 2 aromatic carbocycles. The van der Waals surface area contributed by atoms with Crippen LogP contribution in [0.3, 0.4) is 0 Å². The van der Waals surface area contributed by atoms with Crippen molar-refractivity contribution in [1.82, 2.24) is 5.32 Å². The summed E-state index contributed by atoms with van der Waals surface area (Å²) in [6.45, 7) is 10.6. The summed E-state index contributed by atoms with van der Waals surface area (Å²) >= 11 is 0. The lowest BCUT2D eigenvalue weighted by Gasteiger charge is -2.19. The highest BCUT2D eigenvalue weighted by atomic mass is 16.5. The zero-order valence-corrected chi connectivity index (χ0v) is 15.9. The van der Waals surface area contributed by atoms with Gasteiger partial charge in [0.05, 0.1) is 6.04 Å². The van der Waals surface area contributed by atoms with Crippen molar-refractivity contribution in [3.8, 4) is 5.75 Å². The normalized spacial score (nSPS) is 12.1. The summed E-state index contributed by atoms with van der Waals surface area (Å²) in [5, 5.41) is 3.07. The highest BCUT2D eigenvalue weighted by molar-refractivity contribution is 5.78. The van der Waals surface area contributed by atoms with Crippen molar-refractivity contribution in [2.75, 3.05) is 6.61 Å². The molecule has 0 fully saturated rings. The monoisotopic (exact) mass is 339 g/mol. The molecule has 0 bridgehead atoms. The quantitative estimate of drug-likeness (QED) is 0.764. The van der Waals surface area contributed by atoms with E-state index >= 15 is 0 Å². The van der Waals surface area contributed by atoms with Gasteiger partial charge in [0.15, 0.2) is 6.61 Å². The maximum atomic E-state index is 12.2. The van der Waals surface area contributed by atoms with E-state index in [1.165, 1.54) is 16.7 Å². The van der Waals surface area contributed by atoms with Crippen LogP contribution in [-0.4, -0.2) is 12.5 Å². The lowest BCUT2D eigenvalue weighted by atomic mass is 9.99. The summed E-state index contributed by atoms with van der Waals surface area (Å²) < 4.78 is 5.61. The van der Waals surface area contributed by atoms with Gasteiger partial charge in [-0.3, -0.25) is 4.79 Å². The summed E-state index contributed by atoms with van der Waals surface area (Å²) in [6.07, 6.45) is 0.845. The van der Waals surface area contributed by atoms with E-state index in [-0.39, 0.29) is 18.6 Å². The largest absolute Gasteiger partial charge is 0.484 e. The topological polar surface area (TPSA) is 38.3 Å². The van der Waals surface area contributed by atoms with Gasteiger partial charge in [0.25, 0.3) is 5.91 Å². The Hall–Kier alpha value is -2.29. The van der Waals surface area contributed by atoms with Crippen LogP contribution in [0.4, 0.5) is 0 Å². The number of nitrogens with one attached hydrogen (secondary N) is 1. The van der Waals surface area contributed by atoms with E-state index in [0.29, 0.717) is 5.92 Å². The fraction of sp³-hybridized carbons (Fsp3) is 0.409. The van der Waals surface area contributed by atoms with E-state index in [1.54, 1.807) is 0 Å². The van der Waals surface area contributed by atoms with Crippen LogP contribution in [0.25, 0.3) is 0 Å². The molecule has 0 spiro atoms. The summed E-state index contributed by atoms with van der Waals surface area (Å²) in [5.74, 6) is 1.11. The molecule has 0 unspecified atom stereocenters. The second-order valence-corrected chi connectivity index (χ2v) is 6.88. The van der Waals surface area contributed by atoms with Crippen molar-refractivity contribution in [1.29, 1.82) is 0 Å². The third-order valence-corrected chi connectivity index (χ3v) is 4.59. The van der Waals surface area contributed by atoms with Crippen molar-refractivity contribution in [2.45, 2.75) is 53.0 Å². The van der Waals surface area contributed by atoms with Crippen LogP contribution in [0.2, 0.25) is 0 Å². The highest BCUT2D eigenvalue weighted by Gasteiger charge is 2.14. The summed E-state index contributed by atoms with van der Waals surface area (Å²) in [6, 6.07) is 14.3. The average molecular weight is 339 g/mol. The molecule has 0 radical (unpaired) electrons. The van der Waals surface area contributed by atoms with Crippen LogP contribution in [0.1, 0.15) is 61.4 Å². The Morgan fingerprint density at radius 2 is 1.64 bits per heavy atom. The van der Waals surface area contributed by atoms with Crippen LogP contribution < -0.4 is 10.1 Å². The molecular weight excluding hydrogens is 310 g/mol. The van der Waals surface area contributed by atoms with Gasteiger partial charge >= 0.3 is 0 Å². The lowest BCUT2D eigenvalue weighted by Crippen LogP contribution is -2.32. The third kappa shape index (κ3) is 5.35. The van der Waals surface area contributed by atoms with Gasteiger partial charge < -0.3 is 10.1 Å². The molecule has 1 amide bonds. The SMILES string of the molecule is CC[C@H](NC(=O)COc1ccc(C(C)C)cc1)c1ccc(C)c(C)c1. The van der Waals surface area contributed by atoms with Crippen LogP contribution in [-0.2, 0) is 4.79 Å². The number of benzene rings is 2. The maximum Gasteiger partial charge on any atom is 0.258 e. The number of amides is 1. The Kier molecular flexibility index (Phi) is 6.63. The van der Waals surface area contributed by atoms with Gasteiger partial charge in [-0.15, -0.1) is 0 Å². The average Bonchev–Trinajstić information content (AvgIpc) is 2.60. The Morgan fingerprint density at radius 3 is 2.20 bits per heavy atom. The van der Waals surface area contributed by atoms with E-state index < -0.39 is 0 Å². The fourth-order valence-corrected chi connectivity index (χ4v) is 2.74. The molecule has 0 saturated heterocycles. The van der Waals surface area contributed by atoms with Crippen LogP contribution in [0, 0.1) is 13.8 Å². The number of aryl methyl sites for hydroxylation is 2. The first-order valence-electron chi connectivity index (χ1n) is 9.00. The van der Waals surface area contributed by atoms with Crippen LogP contribution >= 0.6 is 0 Å². The zero-order valence-electron chi connectivity index (χ0n) is 15.9. The fourth-order valence-electron chi connectivity index (χ4n) is 2.74. The van der Waals surface area contributed by atoms with Crippen LogP contribution in [0.15, 0.2) is 42.5 Å². The van der Waals surface area contributed by atoms with E-state index in [0.717, 1.165) is 17.7 Å². The number of rotatable bonds is 7. The Balaban J connectivity index is 1.92. The molecular formula is C22H29NO2. The molecule has 3 heteroatoms. The number of hydrogen-bond acceptors (Lipinski definition) is 2. The lowest BCUT2D eigenvalue weighted by molar-refractivity contribution is -0.123. The van der Waals surface area contributed by atoms with Gasteiger partial charge in [0.2, 0.25) is 0 Å². The zero-order chi connectivity index (χ0) is 18.4. The minimum absolute atomic E-state index is 0.0127. The first kappa shape index (κ1) is 19.0. The van der Waals surface area contributed by atoms with Crippen molar-refractivity contribution in [3.05, 3.63) is 64.7 Å². The van der Waals surface area contributed by atoms with Crippen molar-refractivity contribution >= 4 is 5.91 Å². The summed E-state index contributed by atoms with van der Waals surface area (Å²) in [5.41, 5.74) is 4.91. The number of carbonyl (C=O) groups excluding carboxylic acids is 1. The second-order valence-electron chi connectivity index (χ2n) is 6.88. The summed E-state index contributed by atoms with van der Waals surface area (Å²) in [7, 11) is 0. The molecule has 3 nitrogen and oxygen atoms in total. The molecule has 134 valence electrons. The van der Waals surface area contributed by atoms with Crippen molar-refractivity contribution < 1.29 is 9.53 Å². The highest BCUT2D eigenvalue weighted by Crippen LogP contribution is 2.20. The van der Waals surface area contributed by atoms with E-state index in [2.05, 4.69) is 58.1 Å². The molecule has 2 aromatic rings. The number of carbonyl (C=O) groups is 1. The molecule has 0 aromatic heterocycles. The first-order valence-corrected chi connectivity index (χ1v) is 9.00. The third-order valence-electron chi connectivity index (χ3n) is 4.59. The van der Waals surface area contributed by atoms with E-state index in [4.69, 9.17) is 4.74 Å². The van der Waals surface area contributed by atoms with Gasteiger partial charge in [-0.05, 0) is 60.6 Å². The van der Waals surface area contributed by atoms with E-state index in [1.807, 2.05) is 24.3 Å². The Labute approximate surface area is 151 Å². The molecule has 0 aliphatic rings. The Morgan fingerprint density at radius 1 is 1.00 bits per heavy atom. The minimum Gasteiger partial charge on any atom is -0.484 e. The standard InChI is InChI=1S/C22H29NO2/c1-6-21(19-8-7-16(4)17(5)13-19)23-22(24)14-25-20-11-9-18(10-12-20)15(2)3/h7-13,15,21H,6,14H2,1-5H3,(H,23,24)/t21-/m0/s1. The van der Waals surface area contributed by atoms with Gasteiger partial charge in [-0.1, -0.05) is 51.1 Å².